The Morgan fingerprint density at radius 1 is 1.29 bits per heavy atom. The molecule has 2 N–H and O–H groups in total. The van der Waals surface area contributed by atoms with E-state index in [1.807, 2.05) is 0 Å². The van der Waals surface area contributed by atoms with Crippen molar-refractivity contribution in [3.63, 3.8) is 0 Å². The number of nitrogens with two attached hydrogens (primary N) is 1. The first-order valence-electron chi connectivity index (χ1n) is 3.53. The molecule has 0 aliphatic heterocycles. The van der Waals surface area contributed by atoms with E-state index in [0.29, 0.717) is 0 Å². The standard InChI is InChI=1S/C6H4F3N5/c7-6(8,9)4-12-3-1-2-11-14(3)5(10)13-4/h1-2H,(H2,10,12,13). The molecule has 0 saturated heterocycles. The molecular weight excluding hydrogens is 199 g/mol. The van der Waals surface area contributed by atoms with Crippen molar-refractivity contribution in [2.45, 2.75) is 6.18 Å². The zero-order valence-electron chi connectivity index (χ0n) is 6.65. The molecule has 0 saturated carbocycles. The Morgan fingerprint density at radius 2 is 2.00 bits per heavy atom. The molecular formula is C6H4F3N5. The van der Waals surface area contributed by atoms with Gasteiger partial charge in [-0.05, 0) is 0 Å². The normalized spacial score (nSPS) is 12.2. The van der Waals surface area contributed by atoms with Gasteiger partial charge < -0.3 is 5.73 Å². The van der Waals surface area contributed by atoms with Crippen LogP contribution in [0.15, 0.2) is 12.3 Å². The summed E-state index contributed by atoms with van der Waals surface area (Å²) in [6.07, 6.45) is -3.30. The van der Waals surface area contributed by atoms with Gasteiger partial charge >= 0.3 is 6.18 Å². The van der Waals surface area contributed by atoms with Crippen LogP contribution in [0.4, 0.5) is 19.1 Å². The zero-order valence-corrected chi connectivity index (χ0v) is 6.65. The minimum Gasteiger partial charge on any atom is -0.368 e. The third-order valence-electron chi connectivity index (χ3n) is 1.53. The van der Waals surface area contributed by atoms with Gasteiger partial charge in [-0.1, -0.05) is 0 Å². The summed E-state index contributed by atoms with van der Waals surface area (Å²) < 4.78 is 37.6. The van der Waals surface area contributed by atoms with Crippen LogP contribution >= 0.6 is 0 Å². The van der Waals surface area contributed by atoms with Gasteiger partial charge in [0.25, 0.3) is 0 Å². The fraction of sp³-hybridized carbons (Fsp3) is 0.167. The molecule has 2 rings (SSSR count). The van der Waals surface area contributed by atoms with E-state index >= 15 is 0 Å². The van der Waals surface area contributed by atoms with Crippen LogP contribution in [0.2, 0.25) is 0 Å². The second-order valence-corrected chi connectivity index (χ2v) is 2.50. The Bertz CT molecular complexity index is 474. The Hall–Kier alpha value is -1.86. The lowest BCUT2D eigenvalue weighted by Crippen LogP contribution is -2.15. The average molecular weight is 203 g/mol. The summed E-state index contributed by atoms with van der Waals surface area (Å²) in [7, 11) is 0. The number of nitrogens with zero attached hydrogens (tertiary/aromatic N) is 4. The number of anilines is 1. The number of halogens is 3. The third-order valence-corrected chi connectivity index (χ3v) is 1.53. The molecule has 0 atom stereocenters. The molecule has 2 aromatic rings. The van der Waals surface area contributed by atoms with Crippen LogP contribution < -0.4 is 5.73 Å². The van der Waals surface area contributed by atoms with Crippen molar-refractivity contribution in [3.8, 4) is 0 Å². The summed E-state index contributed by atoms with van der Waals surface area (Å²) in [5.41, 5.74) is 5.27. The van der Waals surface area contributed by atoms with Gasteiger partial charge in [0.2, 0.25) is 11.8 Å². The summed E-state index contributed by atoms with van der Waals surface area (Å²) in [6.45, 7) is 0. The van der Waals surface area contributed by atoms with Gasteiger partial charge in [-0.3, -0.25) is 0 Å². The molecule has 0 amide bonds. The van der Waals surface area contributed by atoms with Crippen molar-refractivity contribution < 1.29 is 13.2 Å². The largest absolute Gasteiger partial charge is 0.451 e. The number of aromatic nitrogens is 4. The van der Waals surface area contributed by atoms with Gasteiger partial charge in [-0.2, -0.15) is 27.8 Å². The minimum absolute atomic E-state index is 0.0184. The summed E-state index contributed by atoms with van der Waals surface area (Å²) in [5.74, 6) is -1.60. The molecule has 0 unspecified atom stereocenters. The van der Waals surface area contributed by atoms with E-state index in [4.69, 9.17) is 5.73 Å². The van der Waals surface area contributed by atoms with Gasteiger partial charge in [-0.15, -0.1) is 0 Å². The molecule has 2 aromatic heterocycles. The van der Waals surface area contributed by atoms with Crippen LogP contribution in [0.5, 0.6) is 0 Å². The first-order valence-corrected chi connectivity index (χ1v) is 3.53. The predicted molar refractivity (Wildman–Crippen MR) is 40.2 cm³/mol. The molecule has 14 heavy (non-hydrogen) atoms. The van der Waals surface area contributed by atoms with Crippen LogP contribution in [-0.2, 0) is 6.18 Å². The van der Waals surface area contributed by atoms with Gasteiger partial charge in [0.1, 0.15) is 0 Å². The first-order chi connectivity index (χ1) is 6.48. The number of nitrogen functional groups attached to an aromatic ring is 1. The van der Waals surface area contributed by atoms with Crippen molar-refractivity contribution >= 4 is 11.6 Å². The molecule has 0 aliphatic carbocycles. The van der Waals surface area contributed by atoms with Gasteiger partial charge in [0, 0.05) is 6.07 Å². The van der Waals surface area contributed by atoms with Crippen LogP contribution in [0.25, 0.3) is 5.65 Å². The number of hydrogen-bond acceptors (Lipinski definition) is 4. The van der Waals surface area contributed by atoms with Gasteiger partial charge in [0.05, 0.1) is 6.20 Å². The van der Waals surface area contributed by atoms with Crippen molar-refractivity contribution in [3.05, 3.63) is 18.1 Å². The predicted octanol–water partition coefficient (Wildman–Crippen LogP) is 0.725. The molecule has 0 spiro atoms. The SMILES string of the molecule is Nc1nc(C(F)(F)F)nc2ccnn12. The lowest BCUT2D eigenvalue weighted by atomic mass is 10.5. The number of rotatable bonds is 0. The Morgan fingerprint density at radius 3 is 2.64 bits per heavy atom. The highest BCUT2D eigenvalue weighted by Gasteiger charge is 2.35. The van der Waals surface area contributed by atoms with Crippen LogP contribution in [0.3, 0.4) is 0 Å². The summed E-state index contributed by atoms with van der Waals surface area (Å²) in [4.78, 5) is 6.34. The molecule has 0 aliphatic rings. The molecule has 8 heteroatoms. The smallest absolute Gasteiger partial charge is 0.368 e. The summed E-state index contributed by atoms with van der Waals surface area (Å²) >= 11 is 0. The topological polar surface area (TPSA) is 69.1 Å². The number of hydrogen-bond donors (Lipinski definition) is 1. The highest BCUT2D eigenvalue weighted by Crippen LogP contribution is 2.26. The second kappa shape index (κ2) is 2.56. The van der Waals surface area contributed by atoms with Crippen molar-refractivity contribution in [2.75, 3.05) is 5.73 Å². The molecule has 74 valence electrons. The van der Waals surface area contributed by atoms with Crippen LogP contribution in [0.1, 0.15) is 5.82 Å². The second-order valence-electron chi connectivity index (χ2n) is 2.50. The monoisotopic (exact) mass is 203 g/mol. The van der Waals surface area contributed by atoms with Crippen LogP contribution in [0, 0.1) is 0 Å². The average Bonchev–Trinajstić information content (AvgIpc) is 2.50. The Labute approximate surface area is 75.4 Å². The maximum atomic E-state index is 12.2. The highest BCUT2D eigenvalue weighted by atomic mass is 19.4. The first kappa shape index (κ1) is 8.73. The van der Waals surface area contributed by atoms with E-state index in [1.54, 1.807) is 0 Å². The molecule has 0 bridgehead atoms. The molecule has 5 nitrogen and oxygen atoms in total. The van der Waals surface area contributed by atoms with E-state index < -0.39 is 12.0 Å². The van der Waals surface area contributed by atoms with E-state index in [1.165, 1.54) is 12.3 Å². The fourth-order valence-corrected chi connectivity index (χ4v) is 0.974. The summed E-state index contributed by atoms with van der Waals surface area (Å²) in [6, 6.07) is 1.31. The quantitative estimate of drug-likeness (QED) is 0.685. The lowest BCUT2D eigenvalue weighted by Gasteiger charge is -2.05. The van der Waals surface area contributed by atoms with Gasteiger partial charge in [0.15, 0.2) is 5.65 Å². The molecule has 0 radical (unpaired) electrons. The van der Waals surface area contributed by atoms with Crippen molar-refractivity contribution in [1.82, 2.24) is 19.6 Å². The fourth-order valence-electron chi connectivity index (χ4n) is 0.974. The highest BCUT2D eigenvalue weighted by molar-refractivity contribution is 5.41. The number of alkyl halides is 3. The Balaban J connectivity index is 2.70. The third kappa shape index (κ3) is 1.24. The molecule has 2 heterocycles. The van der Waals surface area contributed by atoms with E-state index in [-0.39, 0.29) is 11.6 Å². The Kier molecular flexibility index (Phi) is 1.60. The van der Waals surface area contributed by atoms with E-state index in [9.17, 15) is 13.2 Å². The maximum absolute atomic E-state index is 12.2. The van der Waals surface area contributed by atoms with Crippen molar-refractivity contribution in [2.24, 2.45) is 0 Å². The number of fused-ring (bicyclic) bond motifs is 1. The van der Waals surface area contributed by atoms with E-state index in [0.717, 1.165) is 4.52 Å². The zero-order chi connectivity index (χ0) is 10.3. The van der Waals surface area contributed by atoms with Crippen LogP contribution in [-0.4, -0.2) is 19.6 Å². The lowest BCUT2D eigenvalue weighted by molar-refractivity contribution is -0.144. The maximum Gasteiger partial charge on any atom is 0.451 e. The molecule has 0 fully saturated rings. The molecule has 0 aromatic carbocycles. The summed E-state index contributed by atoms with van der Waals surface area (Å²) in [5, 5.41) is 3.64. The minimum atomic E-state index is -4.60. The van der Waals surface area contributed by atoms with E-state index in [2.05, 4.69) is 15.1 Å². The van der Waals surface area contributed by atoms with Gasteiger partial charge in [-0.25, -0.2) is 4.98 Å². The van der Waals surface area contributed by atoms with Crippen molar-refractivity contribution in [1.29, 1.82) is 0 Å².